The Morgan fingerprint density at radius 1 is 1.31 bits per heavy atom. The average Bonchev–Trinajstić information content (AvgIpc) is 3.07. The second kappa shape index (κ2) is 9.32. The quantitative estimate of drug-likeness (QED) is 0.520. The number of anilines is 1. The number of hydrogen-bond donors (Lipinski definition) is 3. The maximum Gasteiger partial charge on any atom is 0.417 e. The summed E-state index contributed by atoms with van der Waals surface area (Å²) < 4.78 is 80.6. The smallest absolute Gasteiger partial charge is 0.417 e. The van der Waals surface area contributed by atoms with Crippen molar-refractivity contribution >= 4 is 11.6 Å². The molecule has 1 unspecified atom stereocenters. The number of carbonyl (C=O) groups excluding carboxylic acids is 1. The first-order valence-electron chi connectivity index (χ1n) is 10.6. The second-order valence-corrected chi connectivity index (χ2v) is 8.94. The molecule has 1 aromatic carbocycles. The van der Waals surface area contributed by atoms with Gasteiger partial charge in [-0.3, -0.25) is 9.78 Å². The van der Waals surface area contributed by atoms with Crippen LogP contribution in [0.4, 0.5) is 27.6 Å². The van der Waals surface area contributed by atoms with Crippen molar-refractivity contribution in [2.24, 2.45) is 11.7 Å². The highest BCUT2D eigenvalue weighted by Gasteiger charge is 2.65. The van der Waals surface area contributed by atoms with E-state index in [4.69, 9.17) is 15.2 Å². The Morgan fingerprint density at radius 2 is 1.97 bits per heavy atom. The first kappa shape index (κ1) is 26.8. The summed E-state index contributed by atoms with van der Waals surface area (Å²) in [5.41, 5.74) is 2.16. The van der Waals surface area contributed by atoms with Crippen molar-refractivity contribution in [1.29, 1.82) is 0 Å². The molecule has 0 bridgehead atoms. The van der Waals surface area contributed by atoms with Crippen LogP contribution in [0.2, 0.25) is 0 Å². The van der Waals surface area contributed by atoms with Gasteiger partial charge in [-0.05, 0) is 32.0 Å². The molecular weight excluding hydrogens is 477 g/mol. The lowest BCUT2D eigenvalue weighted by Gasteiger charge is -2.32. The highest BCUT2D eigenvalue weighted by Crippen LogP contribution is 2.55. The maximum absolute atomic E-state index is 14.4. The Labute approximate surface area is 198 Å². The number of aromatic nitrogens is 1. The number of pyridine rings is 1. The summed E-state index contributed by atoms with van der Waals surface area (Å²) in [6.07, 6.45) is -5.31. The molecule has 1 aromatic heterocycles. The number of ether oxygens (including phenoxy) is 2. The van der Waals surface area contributed by atoms with E-state index in [-0.39, 0.29) is 16.9 Å². The van der Waals surface area contributed by atoms with Crippen LogP contribution >= 0.6 is 0 Å². The Bertz CT molecular complexity index is 1110. The van der Waals surface area contributed by atoms with Crippen molar-refractivity contribution < 1.29 is 41.3 Å². The van der Waals surface area contributed by atoms with E-state index in [1.165, 1.54) is 32.2 Å². The lowest BCUT2D eigenvalue weighted by atomic mass is 9.77. The summed E-state index contributed by atoms with van der Waals surface area (Å²) in [5, 5.41) is 11.9. The van der Waals surface area contributed by atoms with Gasteiger partial charge in [-0.25, -0.2) is 4.39 Å². The molecule has 35 heavy (non-hydrogen) atoms. The van der Waals surface area contributed by atoms with Crippen LogP contribution < -0.4 is 15.8 Å². The van der Waals surface area contributed by atoms with Gasteiger partial charge in [-0.1, -0.05) is 13.0 Å². The SMILES string of the molecule is COc1c([C@H]2[C@H](C(=O)Nc3ccnc(C(C)(N)CO)c3)O[C@@](C)(C(F)(F)F)[C@H]2C)ccc(F)c1F. The molecule has 1 aliphatic rings. The number of methoxy groups -OCH3 is 1. The molecule has 7 nitrogen and oxygen atoms in total. The number of rotatable bonds is 6. The van der Waals surface area contributed by atoms with Crippen LogP contribution in [-0.4, -0.2) is 47.6 Å². The number of carbonyl (C=O) groups is 1. The maximum atomic E-state index is 14.4. The van der Waals surface area contributed by atoms with Crippen molar-refractivity contribution in [3.8, 4) is 5.75 Å². The molecule has 1 aliphatic heterocycles. The number of nitrogens with one attached hydrogen (secondary N) is 1. The van der Waals surface area contributed by atoms with Crippen LogP contribution in [-0.2, 0) is 15.1 Å². The third kappa shape index (κ3) is 4.69. The van der Waals surface area contributed by atoms with Gasteiger partial charge < -0.3 is 25.6 Å². The van der Waals surface area contributed by atoms with Crippen LogP contribution in [0.25, 0.3) is 0 Å². The van der Waals surface area contributed by atoms with Crippen LogP contribution in [0, 0.1) is 17.6 Å². The predicted molar refractivity (Wildman–Crippen MR) is 116 cm³/mol. The lowest BCUT2D eigenvalue weighted by Crippen LogP contribution is -2.47. The van der Waals surface area contributed by atoms with E-state index in [9.17, 15) is 31.9 Å². The number of hydrogen-bond acceptors (Lipinski definition) is 6. The van der Waals surface area contributed by atoms with Gasteiger partial charge in [0, 0.05) is 29.3 Å². The van der Waals surface area contributed by atoms with E-state index in [1.807, 2.05) is 0 Å². The third-order valence-electron chi connectivity index (χ3n) is 6.51. The summed E-state index contributed by atoms with van der Waals surface area (Å²) in [5.74, 6) is -6.93. The van der Waals surface area contributed by atoms with Gasteiger partial charge >= 0.3 is 6.18 Å². The topological polar surface area (TPSA) is 107 Å². The molecule has 5 atom stereocenters. The minimum Gasteiger partial charge on any atom is -0.493 e. The molecule has 0 aliphatic carbocycles. The summed E-state index contributed by atoms with van der Waals surface area (Å²) in [6.45, 7) is 3.07. The van der Waals surface area contributed by atoms with Gasteiger partial charge in [-0.15, -0.1) is 0 Å². The van der Waals surface area contributed by atoms with E-state index < -0.39 is 65.2 Å². The van der Waals surface area contributed by atoms with Crippen LogP contribution in [0.5, 0.6) is 5.75 Å². The molecule has 0 saturated carbocycles. The fraction of sp³-hybridized carbons (Fsp3) is 0.478. The fourth-order valence-electron chi connectivity index (χ4n) is 4.16. The predicted octanol–water partition coefficient (Wildman–Crippen LogP) is 3.61. The Hall–Kier alpha value is -2.83. The molecule has 3 rings (SSSR count). The zero-order chi connectivity index (χ0) is 26.3. The molecule has 1 fully saturated rings. The van der Waals surface area contributed by atoms with Crippen molar-refractivity contribution in [3.63, 3.8) is 0 Å². The molecule has 192 valence electrons. The van der Waals surface area contributed by atoms with Gasteiger partial charge in [0.15, 0.2) is 17.2 Å². The number of amides is 1. The lowest BCUT2D eigenvalue weighted by molar-refractivity contribution is -0.272. The van der Waals surface area contributed by atoms with E-state index in [0.717, 1.165) is 26.2 Å². The first-order valence-corrected chi connectivity index (χ1v) is 10.6. The largest absolute Gasteiger partial charge is 0.493 e. The fourth-order valence-corrected chi connectivity index (χ4v) is 4.16. The summed E-state index contributed by atoms with van der Waals surface area (Å²) in [4.78, 5) is 17.3. The molecule has 4 N–H and O–H groups in total. The Morgan fingerprint density at radius 3 is 2.54 bits per heavy atom. The highest BCUT2D eigenvalue weighted by molar-refractivity contribution is 5.95. The van der Waals surface area contributed by atoms with Crippen molar-refractivity contribution in [3.05, 3.63) is 53.4 Å². The van der Waals surface area contributed by atoms with Crippen molar-refractivity contribution in [1.82, 2.24) is 4.98 Å². The van der Waals surface area contributed by atoms with E-state index in [1.54, 1.807) is 0 Å². The average molecular weight is 503 g/mol. The van der Waals surface area contributed by atoms with Gasteiger partial charge in [0.1, 0.15) is 6.10 Å². The summed E-state index contributed by atoms with van der Waals surface area (Å²) >= 11 is 0. The minimum absolute atomic E-state index is 0.137. The number of benzene rings is 1. The molecule has 2 aromatic rings. The van der Waals surface area contributed by atoms with Crippen LogP contribution in [0.15, 0.2) is 30.5 Å². The number of aliphatic hydroxyl groups excluding tert-OH is 1. The van der Waals surface area contributed by atoms with E-state index >= 15 is 0 Å². The standard InChI is InChI=1S/C23H26F5N3O4/c1-11-16(13-5-6-14(24)17(25)18(13)34-4)19(35-22(11,3)23(26,27)28)20(33)31-12-7-8-30-15(9-12)21(2,29)10-32/h5-9,11,16,19,32H,10,29H2,1-4H3,(H,30,31,33)/t11-,16-,19+,21?,22+/m0/s1. The molecule has 2 heterocycles. The molecule has 0 spiro atoms. The highest BCUT2D eigenvalue weighted by atomic mass is 19.4. The summed E-state index contributed by atoms with van der Waals surface area (Å²) in [7, 11) is 1.04. The zero-order valence-electron chi connectivity index (χ0n) is 19.4. The number of halogens is 5. The second-order valence-electron chi connectivity index (χ2n) is 8.94. The van der Waals surface area contributed by atoms with Crippen molar-refractivity contribution in [2.45, 2.75) is 50.1 Å². The number of aliphatic hydroxyl groups is 1. The van der Waals surface area contributed by atoms with Gasteiger partial charge in [0.05, 0.1) is 24.9 Å². The van der Waals surface area contributed by atoms with Gasteiger partial charge in [0.25, 0.3) is 5.91 Å². The molecule has 1 amide bonds. The monoisotopic (exact) mass is 503 g/mol. The Balaban J connectivity index is 2.06. The third-order valence-corrected chi connectivity index (χ3v) is 6.51. The number of alkyl halides is 3. The molecule has 0 radical (unpaired) electrons. The van der Waals surface area contributed by atoms with Gasteiger partial charge in [-0.2, -0.15) is 17.6 Å². The minimum atomic E-state index is -4.88. The van der Waals surface area contributed by atoms with E-state index in [0.29, 0.717) is 0 Å². The molecule has 1 saturated heterocycles. The van der Waals surface area contributed by atoms with Crippen molar-refractivity contribution in [2.75, 3.05) is 19.0 Å². The summed E-state index contributed by atoms with van der Waals surface area (Å²) in [6, 6.07) is 4.58. The van der Waals surface area contributed by atoms with Crippen LogP contribution in [0.3, 0.4) is 0 Å². The van der Waals surface area contributed by atoms with Gasteiger partial charge in [0.2, 0.25) is 5.82 Å². The zero-order valence-corrected chi connectivity index (χ0v) is 19.4. The molecule has 12 heteroatoms. The van der Waals surface area contributed by atoms with Crippen LogP contribution in [0.1, 0.15) is 37.9 Å². The van der Waals surface area contributed by atoms with E-state index in [2.05, 4.69) is 10.3 Å². The Kier molecular flexibility index (Phi) is 7.13. The molecular formula is C23H26F5N3O4. The number of nitrogens with zero attached hydrogens (tertiary/aromatic N) is 1. The number of nitrogens with two attached hydrogens (primary N) is 1. The normalized spacial score (nSPS) is 26.3. The first-order chi connectivity index (χ1) is 16.2.